The van der Waals surface area contributed by atoms with Crippen LogP contribution in [0.4, 0.5) is 4.79 Å². The van der Waals surface area contributed by atoms with Crippen LogP contribution in [0.15, 0.2) is 0 Å². The number of carboxylic acid groups (broad SMARTS) is 1. The number of carbonyl (C=O) groups is 1. The molecular formula is C3H7NO4S. The van der Waals surface area contributed by atoms with Gasteiger partial charge in [0.1, 0.15) is 0 Å². The third kappa shape index (κ3) is 2.43. The van der Waals surface area contributed by atoms with Gasteiger partial charge in [-0.2, -0.15) is 0 Å². The van der Waals surface area contributed by atoms with Gasteiger partial charge >= 0.3 is 6.09 Å². The molecule has 0 aliphatic rings. The van der Waals surface area contributed by atoms with Crippen molar-refractivity contribution in [3.8, 4) is 0 Å². The van der Waals surface area contributed by atoms with Crippen molar-refractivity contribution in [1.29, 1.82) is 0 Å². The van der Waals surface area contributed by atoms with Crippen LogP contribution >= 0.6 is 0 Å². The van der Waals surface area contributed by atoms with Crippen molar-refractivity contribution < 1.29 is 18.7 Å². The maximum atomic E-state index is 10.0. The molecule has 0 heterocycles. The Labute approximate surface area is 54.7 Å². The molecular weight excluding hydrogens is 146 g/mol. The zero-order chi connectivity index (χ0) is 7.44. The van der Waals surface area contributed by atoms with Crippen LogP contribution in [0.1, 0.15) is 6.92 Å². The molecule has 6 heteroatoms. The smallest absolute Gasteiger partial charge is 0.421 e. The summed E-state index contributed by atoms with van der Waals surface area (Å²) in [6.07, 6.45) is -1.39. The molecule has 2 N–H and O–H groups in total. The van der Waals surface area contributed by atoms with Crippen LogP contribution in [0.2, 0.25) is 0 Å². The van der Waals surface area contributed by atoms with E-state index in [0.717, 1.165) is 0 Å². The topological polar surface area (TPSA) is 77.8 Å². The lowest BCUT2D eigenvalue weighted by atomic mass is 10.8. The molecule has 0 bridgehead atoms. The van der Waals surface area contributed by atoms with Gasteiger partial charge in [0.25, 0.3) is 11.3 Å². The lowest BCUT2D eigenvalue weighted by Gasteiger charge is -2.08. The normalized spacial score (nSPS) is 12.7. The minimum absolute atomic E-state index is 0.0123. The SMILES string of the molecule is CCN(C(=O)O)S(=O)O. The number of rotatable bonds is 2. The minimum atomic E-state index is -2.40. The van der Waals surface area contributed by atoms with Crippen molar-refractivity contribution in [2.24, 2.45) is 0 Å². The number of nitrogens with zero attached hydrogens (tertiary/aromatic N) is 1. The van der Waals surface area contributed by atoms with Gasteiger partial charge < -0.3 is 5.11 Å². The molecule has 5 nitrogen and oxygen atoms in total. The predicted octanol–water partition coefficient (Wildman–Crippen LogP) is 0.123. The van der Waals surface area contributed by atoms with E-state index in [1.807, 2.05) is 0 Å². The Morgan fingerprint density at radius 1 is 1.78 bits per heavy atom. The molecule has 0 spiro atoms. The molecule has 0 aliphatic carbocycles. The first-order chi connectivity index (χ1) is 4.09. The molecule has 0 aromatic heterocycles. The average molecular weight is 153 g/mol. The lowest BCUT2D eigenvalue weighted by molar-refractivity contribution is 0.173. The van der Waals surface area contributed by atoms with E-state index < -0.39 is 17.4 Å². The first-order valence-corrected chi connectivity index (χ1v) is 3.27. The molecule has 0 radical (unpaired) electrons. The molecule has 1 amide bonds. The van der Waals surface area contributed by atoms with E-state index in [4.69, 9.17) is 9.66 Å². The van der Waals surface area contributed by atoms with Crippen molar-refractivity contribution in [1.82, 2.24) is 4.31 Å². The van der Waals surface area contributed by atoms with Gasteiger partial charge in [-0.3, -0.25) is 4.55 Å². The summed E-state index contributed by atoms with van der Waals surface area (Å²) in [5.41, 5.74) is 0. The Balaban J connectivity index is 3.99. The molecule has 9 heavy (non-hydrogen) atoms. The Morgan fingerprint density at radius 3 is 2.22 bits per heavy atom. The summed E-state index contributed by atoms with van der Waals surface area (Å²) in [7, 11) is 0. The fourth-order valence-corrected chi connectivity index (χ4v) is 0.667. The van der Waals surface area contributed by atoms with E-state index >= 15 is 0 Å². The quantitative estimate of drug-likeness (QED) is 0.552. The summed E-state index contributed by atoms with van der Waals surface area (Å²) in [6, 6.07) is 0. The van der Waals surface area contributed by atoms with Crippen LogP contribution in [0.5, 0.6) is 0 Å². The van der Waals surface area contributed by atoms with E-state index in [1.165, 1.54) is 6.92 Å². The Morgan fingerprint density at radius 2 is 2.22 bits per heavy atom. The molecule has 0 aromatic carbocycles. The third-order valence-electron chi connectivity index (χ3n) is 0.689. The maximum Gasteiger partial charge on any atom is 0.421 e. The minimum Gasteiger partial charge on any atom is -0.464 e. The summed E-state index contributed by atoms with van der Waals surface area (Å²) in [5, 5.41) is 8.12. The largest absolute Gasteiger partial charge is 0.464 e. The average Bonchev–Trinajstić information content (AvgIpc) is 1.64. The molecule has 0 saturated heterocycles. The standard InChI is InChI=1S/C3H7NO4S/c1-2-4(3(5)6)9(7)8/h2H2,1H3,(H,5,6)(H,7,8). The molecule has 0 fully saturated rings. The van der Waals surface area contributed by atoms with E-state index in [-0.39, 0.29) is 6.54 Å². The van der Waals surface area contributed by atoms with Gasteiger partial charge in [-0.05, 0) is 6.92 Å². The van der Waals surface area contributed by atoms with Gasteiger partial charge in [-0.15, -0.1) is 0 Å². The monoisotopic (exact) mass is 153 g/mol. The summed E-state index contributed by atoms with van der Waals surface area (Å²) in [4.78, 5) is 9.94. The molecule has 0 saturated carbocycles. The molecule has 1 unspecified atom stereocenters. The second-order valence-electron chi connectivity index (χ2n) is 1.21. The van der Waals surface area contributed by atoms with Crippen molar-refractivity contribution in [2.75, 3.05) is 6.54 Å². The molecule has 1 atom stereocenters. The predicted molar refractivity (Wildman–Crippen MR) is 31.2 cm³/mol. The Hall–Kier alpha value is -0.620. The zero-order valence-electron chi connectivity index (χ0n) is 4.77. The second-order valence-corrected chi connectivity index (χ2v) is 2.11. The van der Waals surface area contributed by atoms with E-state index in [1.54, 1.807) is 0 Å². The van der Waals surface area contributed by atoms with E-state index in [0.29, 0.717) is 4.31 Å². The van der Waals surface area contributed by atoms with E-state index in [2.05, 4.69) is 0 Å². The molecule has 0 aliphatic heterocycles. The highest BCUT2D eigenvalue weighted by Gasteiger charge is 2.13. The summed E-state index contributed by atoms with van der Waals surface area (Å²) in [5.74, 6) is 0. The first-order valence-electron chi connectivity index (χ1n) is 2.21. The van der Waals surface area contributed by atoms with Crippen molar-refractivity contribution in [2.45, 2.75) is 6.92 Å². The van der Waals surface area contributed by atoms with Crippen molar-refractivity contribution in [3.63, 3.8) is 0 Å². The van der Waals surface area contributed by atoms with Crippen molar-refractivity contribution in [3.05, 3.63) is 0 Å². The van der Waals surface area contributed by atoms with Crippen LogP contribution in [0, 0.1) is 0 Å². The molecule has 0 rings (SSSR count). The highest BCUT2D eigenvalue weighted by Crippen LogP contribution is 1.90. The van der Waals surface area contributed by atoms with E-state index in [9.17, 15) is 9.00 Å². The molecule has 0 aromatic rings. The number of hydrogen-bond acceptors (Lipinski definition) is 2. The first kappa shape index (κ1) is 8.38. The summed E-state index contributed by atoms with van der Waals surface area (Å²) >= 11 is -2.40. The Bertz CT molecular complexity index is 122. The van der Waals surface area contributed by atoms with Crippen LogP contribution < -0.4 is 0 Å². The third-order valence-corrected chi connectivity index (χ3v) is 1.48. The highest BCUT2D eigenvalue weighted by molar-refractivity contribution is 7.77. The number of hydrogen-bond donors (Lipinski definition) is 2. The fourth-order valence-electron chi connectivity index (χ4n) is 0.313. The number of amides is 1. The molecule has 54 valence electrons. The van der Waals surface area contributed by atoms with Gasteiger partial charge in [-0.1, -0.05) is 0 Å². The van der Waals surface area contributed by atoms with Gasteiger partial charge in [0, 0.05) is 6.54 Å². The second kappa shape index (κ2) is 3.41. The fraction of sp³-hybridized carbons (Fsp3) is 0.667. The highest BCUT2D eigenvalue weighted by atomic mass is 32.2. The Kier molecular flexibility index (Phi) is 3.18. The zero-order valence-corrected chi connectivity index (χ0v) is 5.59. The van der Waals surface area contributed by atoms with Crippen LogP contribution in [0.25, 0.3) is 0 Å². The van der Waals surface area contributed by atoms with Gasteiger partial charge in [0.15, 0.2) is 0 Å². The van der Waals surface area contributed by atoms with Crippen LogP contribution in [0.3, 0.4) is 0 Å². The maximum absolute atomic E-state index is 10.0. The van der Waals surface area contributed by atoms with Gasteiger partial charge in [0.05, 0.1) is 0 Å². The van der Waals surface area contributed by atoms with Crippen molar-refractivity contribution >= 4 is 17.4 Å². The lowest BCUT2D eigenvalue weighted by Crippen LogP contribution is -2.30. The summed E-state index contributed by atoms with van der Waals surface area (Å²) in [6.45, 7) is 1.49. The van der Waals surface area contributed by atoms with Crippen LogP contribution in [-0.4, -0.2) is 30.8 Å². The van der Waals surface area contributed by atoms with Crippen LogP contribution in [-0.2, 0) is 11.3 Å². The van der Waals surface area contributed by atoms with Gasteiger partial charge in [-0.25, -0.2) is 13.3 Å². The van der Waals surface area contributed by atoms with Gasteiger partial charge in [0.2, 0.25) is 0 Å². The summed E-state index contributed by atoms with van der Waals surface area (Å²) < 4.78 is 18.6.